The Labute approximate surface area is 124 Å². The molecule has 0 aliphatic heterocycles. The van der Waals surface area contributed by atoms with Gasteiger partial charge in [0.2, 0.25) is 0 Å². The van der Waals surface area contributed by atoms with Crippen molar-refractivity contribution in [3.8, 4) is 11.1 Å². The molecule has 1 aliphatic rings. The monoisotopic (exact) mass is 272 g/mol. The van der Waals surface area contributed by atoms with Gasteiger partial charge in [-0.25, -0.2) is 0 Å². The molecule has 0 saturated heterocycles. The van der Waals surface area contributed by atoms with Crippen LogP contribution in [0.15, 0.2) is 65.3 Å². The fourth-order valence-electron chi connectivity index (χ4n) is 3.08. The minimum absolute atomic E-state index is 0.954. The summed E-state index contributed by atoms with van der Waals surface area (Å²) in [4.78, 5) is 0. The van der Waals surface area contributed by atoms with Crippen LogP contribution in [0.2, 0.25) is 0 Å². The van der Waals surface area contributed by atoms with E-state index >= 15 is 0 Å². The molecular formula is C20H16O. The minimum Gasteiger partial charge on any atom is -0.465 e. The Morgan fingerprint density at radius 2 is 1.76 bits per heavy atom. The second-order valence-corrected chi connectivity index (χ2v) is 5.51. The zero-order valence-electron chi connectivity index (χ0n) is 12.0. The second kappa shape index (κ2) is 4.78. The van der Waals surface area contributed by atoms with Gasteiger partial charge in [0.1, 0.15) is 5.76 Å². The van der Waals surface area contributed by atoms with E-state index in [-0.39, 0.29) is 0 Å². The van der Waals surface area contributed by atoms with Gasteiger partial charge in [0.25, 0.3) is 0 Å². The number of rotatable bonds is 2. The molecule has 2 aromatic carbocycles. The molecular weight excluding hydrogens is 256 g/mol. The summed E-state index contributed by atoms with van der Waals surface area (Å²) in [5, 5.41) is 0. The van der Waals surface area contributed by atoms with E-state index in [1.807, 2.05) is 12.1 Å². The lowest BCUT2D eigenvalue weighted by Crippen LogP contribution is -1.92. The minimum atomic E-state index is 0.954. The molecule has 21 heavy (non-hydrogen) atoms. The number of furan rings is 1. The van der Waals surface area contributed by atoms with Crippen LogP contribution in [-0.2, 0) is 6.42 Å². The van der Waals surface area contributed by atoms with Crippen molar-refractivity contribution < 1.29 is 4.42 Å². The van der Waals surface area contributed by atoms with Gasteiger partial charge in [-0.05, 0) is 58.5 Å². The standard InChI is InChI=1S/C20H16O/c1-14-9-10-17(15-6-3-2-4-7-15)19-13-16(12-18(14)19)20-8-5-11-21-20/h2-11,13H,12H2,1H3. The lowest BCUT2D eigenvalue weighted by molar-refractivity contribution is 0.552. The molecule has 0 amide bonds. The fraction of sp³-hybridized carbons (Fsp3) is 0.100. The molecule has 0 fully saturated rings. The summed E-state index contributed by atoms with van der Waals surface area (Å²) in [6.45, 7) is 2.19. The SMILES string of the molecule is Cc1ccc(-c2ccccc2)c2c1CC(c1ccco1)=C2. The van der Waals surface area contributed by atoms with Crippen LogP contribution >= 0.6 is 0 Å². The maximum absolute atomic E-state index is 5.57. The first-order valence-electron chi connectivity index (χ1n) is 7.25. The maximum atomic E-state index is 5.57. The van der Waals surface area contributed by atoms with E-state index in [9.17, 15) is 0 Å². The van der Waals surface area contributed by atoms with E-state index in [0.29, 0.717) is 0 Å². The van der Waals surface area contributed by atoms with Crippen molar-refractivity contribution in [3.05, 3.63) is 83.3 Å². The highest BCUT2D eigenvalue weighted by atomic mass is 16.3. The summed E-state index contributed by atoms with van der Waals surface area (Å²) < 4.78 is 5.57. The first-order chi connectivity index (χ1) is 10.3. The summed E-state index contributed by atoms with van der Waals surface area (Å²) in [6, 6.07) is 19.0. The van der Waals surface area contributed by atoms with Crippen molar-refractivity contribution in [1.82, 2.24) is 0 Å². The van der Waals surface area contributed by atoms with Crippen LogP contribution in [0.5, 0.6) is 0 Å². The van der Waals surface area contributed by atoms with Crippen LogP contribution < -0.4 is 0 Å². The maximum Gasteiger partial charge on any atom is 0.130 e. The van der Waals surface area contributed by atoms with E-state index in [1.54, 1.807) is 6.26 Å². The van der Waals surface area contributed by atoms with Crippen LogP contribution in [-0.4, -0.2) is 0 Å². The summed E-state index contributed by atoms with van der Waals surface area (Å²) >= 11 is 0. The van der Waals surface area contributed by atoms with Crippen molar-refractivity contribution in [1.29, 1.82) is 0 Å². The molecule has 0 unspecified atom stereocenters. The van der Waals surface area contributed by atoms with Crippen molar-refractivity contribution in [2.75, 3.05) is 0 Å². The van der Waals surface area contributed by atoms with Crippen molar-refractivity contribution in [2.24, 2.45) is 0 Å². The molecule has 0 radical (unpaired) electrons. The largest absolute Gasteiger partial charge is 0.465 e. The molecule has 1 nitrogen and oxygen atoms in total. The van der Waals surface area contributed by atoms with Gasteiger partial charge in [-0.1, -0.05) is 42.5 Å². The van der Waals surface area contributed by atoms with E-state index < -0.39 is 0 Å². The second-order valence-electron chi connectivity index (χ2n) is 5.51. The van der Waals surface area contributed by atoms with Crippen LogP contribution in [0, 0.1) is 6.92 Å². The van der Waals surface area contributed by atoms with E-state index in [2.05, 4.69) is 55.5 Å². The van der Waals surface area contributed by atoms with Gasteiger partial charge in [-0.2, -0.15) is 0 Å². The number of aryl methyl sites for hydroxylation is 1. The molecule has 0 atom stereocenters. The number of hydrogen-bond acceptors (Lipinski definition) is 1. The van der Waals surface area contributed by atoms with Crippen LogP contribution in [0.3, 0.4) is 0 Å². The molecule has 3 aromatic rings. The topological polar surface area (TPSA) is 13.1 Å². The van der Waals surface area contributed by atoms with Gasteiger partial charge < -0.3 is 4.42 Å². The summed E-state index contributed by atoms with van der Waals surface area (Å²) in [7, 11) is 0. The van der Waals surface area contributed by atoms with Gasteiger partial charge in [-0.3, -0.25) is 0 Å². The third kappa shape index (κ3) is 2.02. The van der Waals surface area contributed by atoms with Crippen molar-refractivity contribution in [2.45, 2.75) is 13.3 Å². The Morgan fingerprint density at radius 3 is 2.52 bits per heavy atom. The molecule has 102 valence electrons. The van der Waals surface area contributed by atoms with Crippen LogP contribution in [0.25, 0.3) is 22.8 Å². The number of hydrogen-bond donors (Lipinski definition) is 0. The zero-order valence-corrected chi connectivity index (χ0v) is 12.0. The van der Waals surface area contributed by atoms with E-state index in [1.165, 1.54) is 33.4 Å². The van der Waals surface area contributed by atoms with Gasteiger partial charge in [0, 0.05) is 6.42 Å². The highest BCUT2D eigenvalue weighted by Crippen LogP contribution is 2.39. The summed E-state index contributed by atoms with van der Waals surface area (Å²) in [6.07, 6.45) is 4.98. The molecule has 1 aromatic heterocycles. The van der Waals surface area contributed by atoms with Crippen molar-refractivity contribution in [3.63, 3.8) is 0 Å². The summed E-state index contributed by atoms with van der Waals surface area (Å²) in [5.41, 5.74) is 7.95. The Bertz CT molecular complexity index is 809. The fourth-order valence-corrected chi connectivity index (χ4v) is 3.08. The molecule has 1 heterocycles. The zero-order chi connectivity index (χ0) is 14.2. The lowest BCUT2D eigenvalue weighted by atomic mass is 9.94. The highest BCUT2D eigenvalue weighted by molar-refractivity contribution is 5.93. The Morgan fingerprint density at radius 1 is 0.905 bits per heavy atom. The molecule has 0 spiro atoms. The molecule has 0 bridgehead atoms. The number of fused-ring (bicyclic) bond motifs is 1. The van der Waals surface area contributed by atoms with E-state index in [0.717, 1.165) is 12.2 Å². The lowest BCUT2D eigenvalue weighted by Gasteiger charge is -2.10. The smallest absolute Gasteiger partial charge is 0.130 e. The van der Waals surface area contributed by atoms with Gasteiger partial charge in [-0.15, -0.1) is 0 Å². The van der Waals surface area contributed by atoms with Crippen LogP contribution in [0.1, 0.15) is 22.5 Å². The predicted molar refractivity (Wildman–Crippen MR) is 86.9 cm³/mol. The number of allylic oxidation sites excluding steroid dienone is 1. The molecule has 0 N–H and O–H groups in total. The molecule has 1 aliphatic carbocycles. The Kier molecular flexibility index (Phi) is 2.78. The highest BCUT2D eigenvalue weighted by Gasteiger charge is 2.20. The molecule has 4 rings (SSSR count). The average Bonchev–Trinajstić information content (AvgIpc) is 3.18. The normalized spacial score (nSPS) is 13.1. The average molecular weight is 272 g/mol. The first-order valence-corrected chi connectivity index (χ1v) is 7.25. The number of benzene rings is 2. The Balaban J connectivity index is 1.88. The van der Waals surface area contributed by atoms with E-state index in [4.69, 9.17) is 4.42 Å². The van der Waals surface area contributed by atoms with Crippen molar-refractivity contribution >= 4 is 11.6 Å². The predicted octanol–water partition coefficient (Wildman–Crippen LogP) is 5.35. The molecule has 0 saturated carbocycles. The first kappa shape index (κ1) is 12.2. The quantitative estimate of drug-likeness (QED) is 0.612. The van der Waals surface area contributed by atoms with Gasteiger partial charge in [0.05, 0.1) is 6.26 Å². The third-order valence-corrected chi connectivity index (χ3v) is 4.20. The third-order valence-electron chi connectivity index (χ3n) is 4.20. The molecule has 1 heteroatoms. The van der Waals surface area contributed by atoms with Gasteiger partial charge in [0.15, 0.2) is 0 Å². The van der Waals surface area contributed by atoms with Crippen LogP contribution in [0.4, 0.5) is 0 Å². The Hall–Kier alpha value is -2.54. The summed E-state index contributed by atoms with van der Waals surface area (Å²) in [5.74, 6) is 0.976. The van der Waals surface area contributed by atoms with Gasteiger partial charge >= 0.3 is 0 Å².